The first kappa shape index (κ1) is 38.1. The van der Waals surface area contributed by atoms with Crippen LogP contribution in [0.4, 0.5) is 4.79 Å². The number of nitrogens with one attached hydrogen (secondary N) is 1. The lowest BCUT2D eigenvalue weighted by atomic mass is 10.0. The molecule has 2 heterocycles. The number of nitrogens with zero attached hydrogens (tertiary/aromatic N) is 1. The summed E-state index contributed by atoms with van der Waals surface area (Å²) in [6, 6.07) is 10.9. The highest BCUT2D eigenvalue weighted by Crippen LogP contribution is 2.47. The molecule has 48 heavy (non-hydrogen) atoms. The Kier molecular flexibility index (Phi) is 13.7. The van der Waals surface area contributed by atoms with E-state index in [1.165, 1.54) is 28.6 Å². The van der Waals surface area contributed by atoms with Gasteiger partial charge >= 0.3 is 13.7 Å². The number of amides is 1. The number of aliphatic hydroxyl groups is 1. The largest absolute Gasteiger partial charge is 0.508 e. The highest BCUT2D eigenvalue weighted by molar-refractivity contribution is 7.89. The van der Waals surface area contributed by atoms with Crippen LogP contribution in [0.25, 0.3) is 0 Å². The first-order chi connectivity index (χ1) is 22.8. The summed E-state index contributed by atoms with van der Waals surface area (Å²) in [4.78, 5) is 13.1. The van der Waals surface area contributed by atoms with Crippen molar-refractivity contribution in [3.05, 3.63) is 54.1 Å². The van der Waals surface area contributed by atoms with E-state index < -0.39 is 48.3 Å². The lowest BCUT2D eigenvalue weighted by Gasteiger charge is -2.31. The average Bonchev–Trinajstić information content (AvgIpc) is 3.65. The van der Waals surface area contributed by atoms with Crippen LogP contribution < -0.4 is 10.1 Å². The summed E-state index contributed by atoms with van der Waals surface area (Å²) in [6.45, 7) is 7.99. The maximum absolute atomic E-state index is 13.6. The Bertz CT molecular complexity index is 1460. The van der Waals surface area contributed by atoms with Crippen LogP contribution in [0.5, 0.6) is 11.5 Å². The molecule has 0 saturated carbocycles. The summed E-state index contributed by atoms with van der Waals surface area (Å²) < 4.78 is 74.2. The highest BCUT2D eigenvalue weighted by atomic mass is 32.2. The van der Waals surface area contributed by atoms with Gasteiger partial charge in [-0.25, -0.2) is 13.2 Å². The van der Waals surface area contributed by atoms with Crippen molar-refractivity contribution in [3.63, 3.8) is 0 Å². The van der Waals surface area contributed by atoms with Gasteiger partial charge in [0.05, 0.1) is 49.4 Å². The van der Waals surface area contributed by atoms with Gasteiger partial charge in [0.15, 0.2) is 12.6 Å². The zero-order chi connectivity index (χ0) is 34.9. The third-order valence-corrected chi connectivity index (χ3v) is 11.5. The van der Waals surface area contributed by atoms with E-state index in [-0.39, 0.29) is 68.2 Å². The monoisotopic (exact) mass is 714 g/mol. The van der Waals surface area contributed by atoms with E-state index >= 15 is 0 Å². The van der Waals surface area contributed by atoms with Crippen molar-refractivity contribution < 1.29 is 56.0 Å². The summed E-state index contributed by atoms with van der Waals surface area (Å²) >= 11 is 0. The van der Waals surface area contributed by atoms with E-state index in [0.717, 1.165) is 0 Å². The molecular formula is C32H47N2O12PS. The number of sulfonamides is 1. The summed E-state index contributed by atoms with van der Waals surface area (Å²) in [6.07, 6.45) is -2.56. The zero-order valence-corrected chi connectivity index (χ0v) is 29.4. The van der Waals surface area contributed by atoms with Crippen LogP contribution >= 0.6 is 7.60 Å². The van der Waals surface area contributed by atoms with Gasteiger partial charge in [-0.05, 0) is 74.6 Å². The minimum Gasteiger partial charge on any atom is -0.508 e. The fraction of sp³-hybridized carbons (Fsp3) is 0.594. The lowest BCUT2D eigenvalue weighted by Crippen LogP contribution is -2.51. The molecular weight excluding hydrogens is 667 g/mol. The second-order valence-electron chi connectivity index (χ2n) is 12.1. The molecule has 268 valence electrons. The molecule has 5 atom stereocenters. The lowest BCUT2D eigenvalue weighted by molar-refractivity contribution is -0.0907. The Labute approximate surface area is 282 Å². The van der Waals surface area contributed by atoms with Crippen molar-refractivity contribution in [1.82, 2.24) is 9.62 Å². The quantitative estimate of drug-likeness (QED) is 0.189. The maximum Gasteiger partial charge on any atom is 0.407 e. The number of alkyl carbamates (subject to hydrolysis) is 1. The Balaban J connectivity index is 1.51. The Morgan fingerprint density at radius 1 is 1.04 bits per heavy atom. The fourth-order valence-corrected chi connectivity index (χ4v) is 8.51. The molecule has 4 rings (SSSR count). The van der Waals surface area contributed by atoms with Crippen molar-refractivity contribution in [2.24, 2.45) is 11.8 Å². The molecule has 0 spiro atoms. The van der Waals surface area contributed by atoms with Crippen molar-refractivity contribution in [1.29, 1.82) is 0 Å². The first-order valence-corrected chi connectivity index (χ1v) is 19.3. The van der Waals surface area contributed by atoms with Crippen LogP contribution in [-0.2, 0) is 44.3 Å². The van der Waals surface area contributed by atoms with Crippen LogP contribution in [-0.4, -0.2) is 99.4 Å². The number of phenols is 1. The number of carbonyl (C=O) groups excluding carboxylic acids is 1. The number of carbonyl (C=O) groups is 1. The molecule has 0 bridgehead atoms. The summed E-state index contributed by atoms with van der Waals surface area (Å²) in [7, 11) is -7.51. The molecule has 1 amide bonds. The Morgan fingerprint density at radius 2 is 1.71 bits per heavy atom. The maximum atomic E-state index is 13.6. The van der Waals surface area contributed by atoms with E-state index in [1.807, 2.05) is 13.8 Å². The van der Waals surface area contributed by atoms with E-state index in [9.17, 15) is 28.0 Å². The van der Waals surface area contributed by atoms with Crippen LogP contribution in [0.1, 0.15) is 39.7 Å². The van der Waals surface area contributed by atoms with E-state index in [1.54, 1.807) is 38.1 Å². The van der Waals surface area contributed by atoms with Gasteiger partial charge in [0, 0.05) is 13.1 Å². The van der Waals surface area contributed by atoms with Crippen molar-refractivity contribution in [2.45, 2.75) is 70.0 Å². The number of ether oxygens (including phenoxy) is 4. The topological polar surface area (TPSA) is 179 Å². The molecule has 3 N–H and O–H groups in total. The molecule has 2 fully saturated rings. The fourth-order valence-electron chi connectivity index (χ4n) is 5.57. The molecule has 2 saturated heterocycles. The normalized spacial score (nSPS) is 20.9. The van der Waals surface area contributed by atoms with Crippen molar-refractivity contribution in [3.8, 4) is 11.5 Å². The predicted octanol–water partition coefficient (Wildman–Crippen LogP) is 4.10. The van der Waals surface area contributed by atoms with E-state index in [2.05, 4.69) is 5.32 Å². The second kappa shape index (κ2) is 17.3. The number of benzene rings is 2. The third kappa shape index (κ3) is 10.4. The van der Waals surface area contributed by atoms with Gasteiger partial charge in [0.2, 0.25) is 10.0 Å². The van der Waals surface area contributed by atoms with Crippen LogP contribution in [0.3, 0.4) is 0 Å². The SMILES string of the molecule is CCOP(=O)(COc1ccc(C[C@H](NC(=O)O[C@H]2CO[C@H]3OCC[C@H]32)[C@H](O)CN(CC(C)C)S(=O)(=O)c2ccc(O)cc2)cc1)OCC. The van der Waals surface area contributed by atoms with Gasteiger partial charge in [0.25, 0.3) is 0 Å². The standard InChI is InChI=1S/C32H47N2O12PS/c1-5-44-47(38,45-6-2)21-43-25-11-7-23(8-12-25)17-28(33-32(37)46-30-20-42-31-27(30)15-16-41-31)29(36)19-34(18-22(3)4)48(39,40)26-13-9-24(35)10-14-26/h7-14,22,27-31,35-36H,5-6,15-21H2,1-4H3,(H,33,37)/t27-,28-,29+,30-,31+/m0/s1. The second-order valence-corrected chi connectivity index (χ2v) is 16.0. The molecule has 16 heteroatoms. The Morgan fingerprint density at radius 3 is 2.33 bits per heavy atom. The number of hydrogen-bond donors (Lipinski definition) is 3. The van der Waals surface area contributed by atoms with Gasteiger partial charge in [-0.3, -0.25) is 4.57 Å². The molecule has 0 radical (unpaired) electrons. The average molecular weight is 715 g/mol. The van der Waals surface area contributed by atoms with Crippen LogP contribution in [0.2, 0.25) is 0 Å². The summed E-state index contributed by atoms with van der Waals surface area (Å²) in [5, 5.41) is 24.0. The minimum atomic E-state index is -4.08. The summed E-state index contributed by atoms with van der Waals surface area (Å²) in [5.41, 5.74) is 0.690. The summed E-state index contributed by atoms with van der Waals surface area (Å²) in [5.74, 6) is 0.145. The van der Waals surface area contributed by atoms with Gasteiger partial charge in [-0.15, -0.1) is 0 Å². The number of phenolic OH excluding ortho intramolecular Hbond substituents is 1. The first-order valence-electron chi connectivity index (χ1n) is 16.1. The molecule has 2 aromatic rings. The molecule has 2 aliphatic rings. The highest BCUT2D eigenvalue weighted by Gasteiger charge is 2.44. The van der Waals surface area contributed by atoms with Crippen molar-refractivity contribution >= 4 is 23.7 Å². The van der Waals surface area contributed by atoms with Gasteiger partial charge in [-0.1, -0.05) is 26.0 Å². The molecule has 2 aliphatic heterocycles. The minimum absolute atomic E-state index is 0.0413. The van der Waals surface area contributed by atoms with E-state index in [0.29, 0.717) is 24.3 Å². The van der Waals surface area contributed by atoms with Crippen LogP contribution in [0, 0.1) is 11.8 Å². The third-order valence-electron chi connectivity index (χ3n) is 7.87. The van der Waals surface area contributed by atoms with Gasteiger partial charge < -0.3 is 43.5 Å². The smallest absolute Gasteiger partial charge is 0.407 e. The number of hydrogen-bond acceptors (Lipinski definition) is 12. The van der Waals surface area contributed by atoms with Gasteiger partial charge in [0.1, 0.15) is 17.6 Å². The number of aromatic hydroxyl groups is 1. The molecule has 0 aromatic heterocycles. The molecule has 0 aliphatic carbocycles. The van der Waals surface area contributed by atoms with E-state index in [4.69, 9.17) is 28.0 Å². The Hall–Kier alpha value is -2.75. The van der Waals surface area contributed by atoms with Crippen molar-refractivity contribution in [2.75, 3.05) is 45.9 Å². The van der Waals surface area contributed by atoms with Crippen LogP contribution in [0.15, 0.2) is 53.4 Å². The number of rotatable bonds is 18. The molecule has 14 nitrogen and oxygen atoms in total. The number of aliphatic hydroxyl groups excluding tert-OH is 1. The predicted molar refractivity (Wildman–Crippen MR) is 175 cm³/mol. The number of fused-ring (bicyclic) bond motifs is 1. The zero-order valence-electron chi connectivity index (χ0n) is 27.7. The molecule has 2 aromatic carbocycles. The van der Waals surface area contributed by atoms with Gasteiger partial charge in [-0.2, -0.15) is 4.31 Å². The molecule has 0 unspecified atom stereocenters.